The van der Waals surface area contributed by atoms with Crippen molar-refractivity contribution in [2.45, 2.75) is 24.1 Å². The highest BCUT2D eigenvalue weighted by Crippen LogP contribution is 2.27. The third kappa shape index (κ3) is 2.00. The summed E-state index contributed by atoms with van der Waals surface area (Å²) in [6, 6.07) is 0. The summed E-state index contributed by atoms with van der Waals surface area (Å²) in [5.74, 6) is 0. The molecule has 0 aliphatic heterocycles. The zero-order valence-electron chi connectivity index (χ0n) is 8.41. The van der Waals surface area contributed by atoms with Gasteiger partial charge in [0, 0.05) is 16.8 Å². The monoisotopic (exact) mass is 241 g/mol. The standard InChI is InChI=1S/C9H11N3OS2/c1-6(2)15-8-7(5-10-13)12-3-4-14-9(12)11-8/h3-6,13H,1-2H3/b10-5-. The second-order valence-corrected chi connectivity index (χ2v) is 5.71. The molecule has 0 saturated heterocycles. The molecule has 0 fully saturated rings. The van der Waals surface area contributed by atoms with E-state index in [2.05, 4.69) is 24.0 Å². The lowest BCUT2D eigenvalue weighted by molar-refractivity contribution is 0.321. The number of hydrogen-bond acceptors (Lipinski definition) is 5. The first-order chi connectivity index (χ1) is 7.22. The maximum Gasteiger partial charge on any atom is 0.195 e. The average Bonchev–Trinajstić information content (AvgIpc) is 2.69. The van der Waals surface area contributed by atoms with Crippen molar-refractivity contribution in [2.75, 3.05) is 0 Å². The van der Waals surface area contributed by atoms with Crippen molar-refractivity contribution in [1.29, 1.82) is 0 Å². The van der Waals surface area contributed by atoms with Crippen LogP contribution >= 0.6 is 23.1 Å². The Kier molecular flexibility index (Phi) is 2.97. The van der Waals surface area contributed by atoms with Gasteiger partial charge < -0.3 is 5.21 Å². The van der Waals surface area contributed by atoms with Crippen LogP contribution in [0.2, 0.25) is 0 Å². The summed E-state index contributed by atoms with van der Waals surface area (Å²) >= 11 is 3.24. The molecule has 1 N–H and O–H groups in total. The van der Waals surface area contributed by atoms with Crippen molar-refractivity contribution >= 4 is 34.3 Å². The first-order valence-corrected chi connectivity index (χ1v) is 6.28. The van der Waals surface area contributed by atoms with E-state index < -0.39 is 0 Å². The maximum atomic E-state index is 8.62. The molecule has 15 heavy (non-hydrogen) atoms. The Hall–Kier alpha value is -1.01. The third-order valence-electron chi connectivity index (χ3n) is 1.79. The van der Waals surface area contributed by atoms with E-state index in [0.29, 0.717) is 5.25 Å². The lowest BCUT2D eigenvalue weighted by Gasteiger charge is -2.01. The van der Waals surface area contributed by atoms with E-state index in [1.165, 1.54) is 6.21 Å². The van der Waals surface area contributed by atoms with Crippen LogP contribution in [0.1, 0.15) is 19.5 Å². The molecule has 0 atom stereocenters. The van der Waals surface area contributed by atoms with Crippen LogP contribution in [0.4, 0.5) is 0 Å². The number of thiazole rings is 1. The molecule has 0 bridgehead atoms. The van der Waals surface area contributed by atoms with Crippen LogP contribution < -0.4 is 0 Å². The molecule has 2 heterocycles. The van der Waals surface area contributed by atoms with Crippen LogP contribution in [0.3, 0.4) is 0 Å². The van der Waals surface area contributed by atoms with Gasteiger partial charge in [0.15, 0.2) is 4.96 Å². The number of thioether (sulfide) groups is 1. The SMILES string of the molecule is CC(C)Sc1nc2sccn2c1/C=N\O. The van der Waals surface area contributed by atoms with Crippen molar-refractivity contribution < 1.29 is 5.21 Å². The van der Waals surface area contributed by atoms with Crippen LogP contribution in [0, 0.1) is 0 Å². The van der Waals surface area contributed by atoms with Crippen molar-refractivity contribution in [1.82, 2.24) is 9.38 Å². The van der Waals surface area contributed by atoms with Gasteiger partial charge in [-0.1, -0.05) is 19.0 Å². The molecule has 6 heteroatoms. The number of oxime groups is 1. The number of hydrogen-bond donors (Lipinski definition) is 1. The number of aromatic nitrogens is 2. The Balaban J connectivity index is 2.51. The normalized spacial score (nSPS) is 12.2. The van der Waals surface area contributed by atoms with Gasteiger partial charge in [-0.15, -0.1) is 23.1 Å². The van der Waals surface area contributed by atoms with E-state index in [1.54, 1.807) is 23.1 Å². The zero-order valence-corrected chi connectivity index (χ0v) is 10.0. The molecule has 2 aromatic heterocycles. The van der Waals surface area contributed by atoms with Gasteiger partial charge in [-0.05, 0) is 0 Å². The van der Waals surface area contributed by atoms with E-state index >= 15 is 0 Å². The molecule has 0 radical (unpaired) electrons. The summed E-state index contributed by atoms with van der Waals surface area (Å²) in [5, 5.41) is 15.0. The summed E-state index contributed by atoms with van der Waals surface area (Å²) in [6.45, 7) is 4.22. The topological polar surface area (TPSA) is 49.9 Å². The second kappa shape index (κ2) is 4.24. The number of nitrogens with zero attached hydrogens (tertiary/aromatic N) is 3. The molecule has 2 rings (SSSR count). The molecule has 80 valence electrons. The minimum absolute atomic E-state index is 0.459. The summed E-state index contributed by atoms with van der Waals surface area (Å²) in [5.41, 5.74) is 0.840. The minimum Gasteiger partial charge on any atom is -0.411 e. The smallest absolute Gasteiger partial charge is 0.195 e. The Morgan fingerprint density at radius 2 is 2.47 bits per heavy atom. The van der Waals surface area contributed by atoms with Crippen LogP contribution in [0.15, 0.2) is 21.8 Å². The van der Waals surface area contributed by atoms with E-state index in [-0.39, 0.29) is 0 Å². The van der Waals surface area contributed by atoms with Crippen LogP contribution in [0.5, 0.6) is 0 Å². The Labute approximate surface area is 95.6 Å². The Bertz CT molecular complexity index is 486. The maximum absolute atomic E-state index is 8.62. The van der Waals surface area contributed by atoms with Gasteiger partial charge in [0.25, 0.3) is 0 Å². The largest absolute Gasteiger partial charge is 0.411 e. The van der Waals surface area contributed by atoms with Crippen LogP contribution in [0.25, 0.3) is 4.96 Å². The van der Waals surface area contributed by atoms with Gasteiger partial charge in [0.05, 0.1) is 6.21 Å². The van der Waals surface area contributed by atoms with Gasteiger partial charge in [0.2, 0.25) is 0 Å². The third-order valence-corrected chi connectivity index (χ3v) is 3.54. The molecular formula is C9H11N3OS2. The fraction of sp³-hybridized carbons (Fsp3) is 0.333. The number of fused-ring (bicyclic) bond motifs is 1. The Morgan fingerprint density at radius 3 is 3.13 bits per heavy atom. The summed E-state index contributed by atoms with van der Waals surface area (Å²) < 4.78 is 1.93. The van der Waals surface area contributed by atoms with Crippen molar-refractivity contribution in [3.05, 3.63) is 17.3 Å². The van der Waals surface area contributed by atoms with Crippen molar-refractivity contribution in [3.8, 4) is 0 Å². The predicted octanol–water partition coefficient (Wildman–Crippen LogP) is 2.70. The summed E-state index contributed by atoms with van der Waals surface area (Å²) in [7, 11) is 0. The molecule has 0 amide bonds. The van der Waals surface area contributed by atoms with Crippen LogP contribution in [-0.2, 0) is 0 Å². The molecule has 0 unspecified atom stereocenters. The lowest BCUT2D eigenvalue weighted by atomic mass is 10.5. The van der Waals surface area contributed by atoms with Gasteiger partial charge in [0.1, 0.15) is 10.7 Å². The molecule has 4 nitrogen and oxygen atoms in total. The summed E-state index contributed by atoms with van der Waals surface area (Å²) in [4.78, 5) is 5.40. The quantitative estimate of drug-likeness (QED) is 0.389. The Morgan fingerprint density at radius 1 is 1.67 bits per heavy atom. The number of rotatable bonds is 3. The highest BCUT2D eigenvalue weighted by atomic mass is 32.2. The molecule has 0 aliphatic carbocycles. The van der Waals surface area contributed by atoms with Gasteiger partial charge in [-0.3, -0.25) is 4.40 Å². The summed E-state index contributed by atoms with van der Waals surface area (Å²) in [6.07, 6.45) is 3.35. The van der Waals surface area contributed by atoms with Gasteiger partial charge in [-0.25, -0.2) is 4.98 Å². The van der Waals surface area contributed by atoms with Crippen molar-refractivity contribution in [3.63, 3.8) is 0 Å². The molecule has 2 aromatic rings. The number of imidazole rings is 1. The molecular weight excluding hydrogens is 230 g/mol. The van der Waals surface area contributed by atoms with Gasteiger partial charge >= 0.3 is 0 Å². The first-order valence-electron chi connectivity index (χ1n) is 4.52. The highest BCUT2D eigenvalue weighted by Gasteiger charge is 2.13. The molecule has 0 spiro atoms. The molecule has 0 aromatic carbocycles. The van der Waals surface area contributed by atoms with Crippen LogP contribution in [-0.4, -0.2) is 26.1 Å². The van der Waals surface area contributed by atoms with E-state index in [0.717, 1.165) is 15.7 Å². The first kappa shape index (κ1) is 10.5. The van der Waals surface area contributed by atoms with Gasteiger partial charge in [-0.2, -0.15) is 0 Å². The average molecular weight is 241 g/mol. The molecule has 0 saturated carbocycles. The van der Waals surface area contributed by atoms with Crippen molar-refractivity contribution in [2.24, 2.45) is 5.16 Å². The second-order valence-electron chi connectivity index (χ2n) is 3.27. The fourth-order valence-electron chi connectivity index (χ4n) is 1.27. The predicted molar refractivity (Wildman–Crippen MR) is 63.4 cm³/mol. The minimum atomic E-state index is 0.459. The lowest BCUT2D eigenvalue weighted by Crippen LogP contribution is -1.93. The fourth-order valence-corrected chi connectivity index (χ4v) is 2.90. The van der Waals surface area contributed by atoms with E-state index in [1.807, 2.05) is 16.0 Å². The van der Waals surface area contributed by atoms with E-state index in [4.69, 9.17) is 5.21 Å². The zero-order chi connectivity index (χ0) is 10.8. The van der Waals surface area contributed by atoms with E-state index in [9.17, 15) is 0 Å². The molecule has 0 aliphatic rings. The highest BCUT2D eigenvalue weighted by molar-refractivity contribution is 7.99.